The number of morpholine rings is 1. The smallest absolute Gasteiger partial charge is 0.249 e. The third kappa shape index (κ3) is 3.79. The van der Waals surface area contributed by atoms with Crippen LogP contribution in [0, 0.1) is 5.92 Å². The number of hydrogen-bond donors (Lipinski definition) is 2. The Hall–Kier alpha value is -2.71. The number of aryl methyl sites for hydroxylation is 1. The molecule has 0 bridgehead atoms. The first-order chi connectivity index (χ1) is 13.6. The van der Waals surface area contributed by atoms with Gasteiger partial charge in [0.2, 0.25) is 11.8 Å². The Morgan fingerprint density at radius 2 is 2.07 bits per heavy atom. The molecule has 1 aliphatic heterocycles. The van der Waals surface area contributed by atoms with E-state index in [1.807, 2.05) is 42.1 Å². The molecule has 8 heteroatoms. The van der Waals surface area contributed by atoms with Gasteiger partial charge in [-0.05, 0) is 30.5 Å². The number of amides is 2. The number of rotatable bonds is 6. The number of hydrogen-bond acceptors (Lipinski definition) is 5. The number of ether oxygens (including phenoxy) is 1. The molecule has 8 nitrogen and oxygen atoms in total. The fraction of sp³-hybridized carbons (Fsp3) is 0.450. The maximum Gasteiger partial charge on any atom is 0.249 e. The fourth-order valence-corrected chi connectivity index (χ4v) is 3.47. The molecule has 1 saturated heterocycles. The maximum absolute atomic E-state index is 12.4. The van der Waals surface area contributed by atoms with Crippen LogP contribution in [0.25, 0.3) is 0 Å². The quantitative estimate of drug-likeness (QED) is 0.781. The Balaban J connectivity index is 1.50. The van der Waals surface area contributed by atoms with Crippen molar-refractivity contribution in [2.75, 3.05) is 18.5 Å². The van der Waals surface area contributed by atoms with Gasteiger partial charge in [-0.2, -0.15) is 0 Å². The van der Waals surface area contributed by atoms with Crippen molar-refractivity contribution < 1.29 is 19.4 Å². The van der Waals surface area contributed by atoms with E-state index >= 15 is 0 Å². The van der Waals surface area contributed by atoms with Gasteiger partial charge in [-0.25, -0.2) is 4.98 Å². The number of imidazole rings is 1. The highest BCUT2D eigenvalue weighted by atomic mass is 16.5. The van der Waals surface area contributed by atoms with Crippen LogP contribution in [0.5, 0.6) is 0 Å². The molecule has 4 rings (SSSR count). The minimum absolute atomic E-state index is 0.0498. The van der Waals surface area contributed by atoms with Crippen LogP contribution in [0.2, 0.25) is 0 Å². The number of nitrogens with one attached hydrogen (secondary N) is 1. The molecule has 2 aromatic rings. The lowest BCUT2D eigenvalue weighted by Crippen LogP contribution is -2.52. The summed E-state index contributed by atoms with van der Waals surface area (Å²) in [5.41, 5.74) is 1.58. The van der Waals surface area contributed by atoms with E-state index in [1.54, 1.807) is 11.1 Å². The molecule has 2 aliphatic rings. The van der Waals surface area contributed by atoms with Crippen LogP contribution in [-0.2, 0) is 27.9 Å². The van der Waals surface area contributed by atoms with Crippen molar-refractivity contribution in [3.63, 3.8) is 0 Å². The van der Waals surface area contributed by atoms with Gasteiger partial charge in [0.1, 0.15) is 18.5 Å². The van der Waals surface area contributed by atoms with Crippen molar-refractivity contribution in [2.45, 2.75) is 31.5 Å². The third-order valence-corrected chi connectivity index (χ3v) is 5.33. The van der Waals surface area contributed by atoms with Gasteiger partial charge in [0.25, 0.3) is 0 Å². The van der Waals surface area contributed by atoms with Crippen molar-refractivity contribution in [1.29, 1.82) is 0 Å². The Bertz CT molecular complexity index is 859. The van der Waals surface area contributed by atoms with E-state index in [4.69, 9.17) is 4.74 Å². The largest absolute Gasteiger partial charge is 0.394 e. The summed E-state index contributed by atoms with van der Waals surface area (Å²) >= 11 is 0. The molecule has 2 unspecified atom stereocenters. The second-order valence-electron chi connectivity index (χ2n) is 7.34. The summed E-state index contributed by atoms with van der Waals surface area (Å²) in [6, 6.07) is 6.87. The lowest BCUT2D eigenvalue weighted by Gasteiger charge is -2.40. The third-order valence-electron chi connectivity index (χ3n) is 5.33. The molecule has 148 valence electrons. The molecule has 1 aliphatic carbocycles. The van der Waals surface area contributed by atoms with Crippen LogP contribution in [0.3, 0.4) is 0 Å². The molecule has 2 fully saturated rings. The van der Waals surface area contributed by atoms with E-state index in [1.165, 1.54) is 0 Å². The number of aromatic nitrogens is 2. The molecular formula is C20H24N4O4. The van der Waals surface area contributed by atoms with Crippen LogP contribution in [0.4, 0.5) is 5.69 Å². The van der Waals surface area contributed by atoms with Crippen LogP contribution >= 0.6 is 0 Å². The molecule has 1 aromatic carbocycles. The van der Waals surface area contributed by atoms with Gasteiger partial charge in [-0.1, -0.05) is 12.1 Å². The minimum Gasteiger partial charge on any atom is -0.394 e. The summed E-state index contributed by atoms with van der Waals surface area (Å²) in [6.45, 7) is 0.0374. The molecule has 2 N–H and O–H groups in total. The molecule has 0 spiro atoms. The highest BCUT2D eigenvalue weighted by Gasteiger charge is 2.37. The zero-order valence-corrected chi connectivity index (χ0v) is 15.7. The van der Waals surface area contributed by atoms with Gasteiger partial charge in [0, 0.05) is 31.0 Å². The lowest BCUT2D eigenvalue weighted by atomic mass is 9.99. The first-order valence-electron chi connectivity index (χ1n) is 9.45. The van der Waals surface area contributed by atoms with E-state index in [0.29, 0.717) is 6.54 Å². The normalized spacial score (nSPS) is 22.4. The predicted molar refractivity (Wildman–Crippen MR) is 101 cm³/mol. The highest BCUT2D eigenvalue weighted by molar-refractivity contribution is 5.94. The van der Waals surface area contributed by atoms with Crippen molar-refractivity contribution in [2.24, 2.45) is 13.0 Å². The van der Waals surface area contributed by atoms with Crippen LogP contribution in [-0.4, -0.2) is 50.6 Å². The van der Waals surface area contributed by atoms with Crippen molar-refractivity contribution in [3.8, 4) is 0 Å². The summed E-state index contributed by atoms with van der Waals surface area (Å²) in [5, 5.41) is 12.9. The van der Waals surface area contributed by atoms with E-state index in [0.717, 1.165) is 29.9 Å². The molecule has 28 heavy (non-hydrogen) atoms. The highest BCUT2D eigenvalue weighted by Crippen LogP contribution is 2.32. The molecule has 2 atom stereocenters. The number of nitrogens with zero attached hydrogens (tertiary/aromatic N) is 3. The molecular weight excluding hydrogens is 360 g/mol. The zero-order valence-electron chi connectivity index (χ0n) is 15.7. The van der Waals surface area contributed by atoms with E-state index < -0.39 is 12.1 Å². The van der Waals surface area contributed by atoms with Gasteiger partial charge in [0.05, 0.1) is 19.2 Å². The van der Waals surface area contributed by atoms with Crippen molar-refractivity contribution in [1.82, 2.24) is 14.5 Å². The number of aliphatic hydroxyl groups is 1. The first kappa shape index (κ1) is 18.6. The molecule has 2 amide bonds. The van der Waals surface area contributed by atoms with Crippen LogP contribution < -0.4 is 5.32 Å². The van der Waals surface area contributed by atoms with Gasteiger partial charge in [-0.3, -0.25) is 9.59 Å². The first-order valence-corrected chi connectivity index (χ1v) is 9.45. The number of carbonyl (C=O) groups is 2. The monoisotopic (exact) mass is 384 g/mol. The number of carbonyl (C=O) groups excluding carboxylic acids is 2. The van der Waals surface area contributed by atoms with Gasteiger partial charge in [0.15, 0.2) is 0 Å². The topological polar surface area (TPSA) is 96.7 Å². The standard InChI is InChI=1S/C20H24N4O4/c1-23-9-8-21-17(23)10-24-16(11-25)19(28-12-18(24)26)13-4-6-15(7-5-13)22-20(27)14-2-3-14/h4-9,14,16,19,25H,2-3,10-12H2,1H3,(H,22,27). The summed E-state index contributed by atoms with van der Waals surface area (Å²) in [5.74, 6) is 0.768. The van der Waals surface area contributed by atoms with Crippen LogP contribution in [0.15, 0.2) is 36.7 Å². The van der Waals surface area contributed by atoms with E-state index in [9.17, 15) is 14.7 Å². The SMILES string of the molecule is Cn1ccnc1CN1C(=O)COC(c2ccc(NC(=O)C3CC3)cc2)C1CO. The maximum atomic E-state index is 12.4. The number of anilines is 1. The molecule has 0 radical (unpaired) electrons. The van der Waals surface area contributed by atoms with Crippen LogP contribution in [0.1, 0.15) is 30.3 Å². The van der Waals surface area contributed by atoms with E-state index in [2.05, 4.69) is 10.3 Å². The Labute approximate surface area is 163 Å². The van der Waals surface area contributed by atoms with Gasteiger partial charge < -0.3 is 24.6 Å². The number of aliphatic hydroxyl groups excluding tert-OH is 1. The molecule has 1 saturated carbocycles. The molecule has 2 heterocycles. The van der Waals surface area contributed by atoms with Crippen molar-refractivity contribution >= 4 is 17.5 Å². The Morgan fingerprint density at radius 3 is 2.68 bits per heavy atom. The Morgan fingerprint density at radius 1 is 1.32 bits per heavy atom. The van der Waals surface area contributed by atoms with Gasteiger partial charge >= 0.3 is 0 Å². The summed E-state index contributed by atoms with van der Waals surface area (Å²) in [7, 11) is 1.87. The lowest BCUT2D eigenvalue weighted by molar-refractivity contribution is -0.162. The average Bonchev–Trinajstić information content (AvgIpc) is 3.47. The minimum atomic E-state index is -0.509. The summed E-state index contributed by atoms with van der Waals surface area (Å²) in [6.07, 6.45) is 4.97. The summed E-state index contributed by atoms with van der Waals surface area (Å²) in [4.78, 5) is 30.2. The summed E-state index contributed by atoms with van der Waals surface area (Å²) < 4.78 is 7.61. The predicted octanol–water partition coefficient (Wildman–Crippen LogP) is 1.23. The zero-order chi connectivity index (χ0) is 19.7. The fourth-order valence-electron chi connectivity index (χ4n) is 3.47. The molecule has 1 aromatic heterocycles. The van der Waals surface area contributed by atoms with E-state index in [-0.39, 0.29) is 30.9 Å². The number of benzene rings is 1. The average molecular weight is 384 g/mol. The second kappa shape index (κ2) is 7.73. The second-order valence-corrected chi connectivity index (χ2v) is 7.34. The van der Waals surface area contributed by atoms with Gasteiger partial charge in [-0.15, -0.1) is 0 Å². The Kier molecular flexibility index (Phi) is 5.15. The van der Waals surface area contributed by atoms with Crippen molar-refractivity contribution in [3.05, 3.63) is 48.0 Å².